The van der Waals surface area contributed by atoms with Crippen LogP contribution in [0, 0.1) is 0 Å². The second kappa shape index (κ2) is 7.43. The molecule has 0 rings (SSSR count). The van der Waals surface area contributed by atoms with E-state index in [0.29, 0.717) is 6.54 Å². The highest BCUT2D eigenvalue weighted by molar-refractivity contribution is 5.86. The number of nitrogens with zero attached hydrogens (tertiary/aromatic N) is 1. The summed E-state index contributed by atoms with van der Waals surface area (Å²) in [6, 6.07) is 0.279. The van der Waals surface area contributed by atoms with Gasteiger partial charge in [-0.15, -0.1) is 0 Å². The van der Waals surface area contributed by atoms with Crippen LogP contribution in [-0.2, 0) is 4.79 Å². The maximum Gasteiger partial charge on any atom is 0.332 e. The van der Waals surface area contributed by atoms with Crippen molar-refractivity contribution in [3.05, 3.63) is 12.2 Å². The van der Waals surface area contributed by atoms with Gasteiger partial charge in [0.05, 0.1) is 0 Å². The van der Waals surface area contributed by atoms with E-state index in [1.165, 1.54) is 0 Å². The minimum atomic E-state index is -0.933. The number of aliphatic carboxylic acids is 1. The van der Waals surface area contributed by atoms with Gasteiger partial charge in [0, 0.05) is 24.7 Å². The van der Waals surface area contributed by atoms with Crippen molar-refractivity contribution in [3.63, 3.8) is 0 Å². The highest BCUT2D eigenvalue weighted by Crippen LogP contribution is 1.93. The van der Waals surface area contributed by atoms with E-state index in [0.717, 1.165) is 19.6 Å². The van der Waals surface area contributed by atoms with Crippen LogP contribution in [0.3, 0.4) is 0 Å². The Balaban J connectivity index is 3.78. The fraction of sp³-hybridized carbons (Fsp3) is 0.727. The molecule has 0 aliphatic carbocycles. The van der Waals surface area contributed by atoms with Gasteiger partial charge in [-0.05, 0) is 20.0 Å². The Morgan fingerprint density at radius 2 is 2.00 bits per heavy atom. The van der Waals surface area contributed by atoms with Crippen molar-refractivity contribution in [2.45, 2.75) is 26.8 Å². The van der Waals surface area contributed by atoms with E-state index < -0.39 is 5.97 Å². The Bertz CT molecular complexity index is 213. The van der Waals surface area contributed by atoms with E-state index in [2.05, 4.69) is 30.6 Å². The first-order chi connectivity index (χ1) is 7.01. The third kappa shape index (κ3) is 6.25. The number of rotatable bonds is 8. The molecule has 0 aliphatic heterocycles. The maximum atomic E-state index is 10.5. The fourth-order valence-electron chi connectivity index (χ4n) is 1.31. The zero-order chi connectivity index (χ0) is 11.8. The first-order valence-electron chi connectivity index (χ1n) is 5.38. The molecule has 0 radical (unpaired) electrons. The number of likely N-dealkylation sites (N-methyl/N-ethyl adjacent to an activating group) is 1. The minimum absolute atomic E-state index is 0.210. The highest BCUT2D eigenvalue weighted by atomic mass is 16.4. The molecule has 0 fully saturated rings. The molecule has 4 nitrogen and oxygen atoms in total. The zero-order valence-electron chi connectivity index (χ0n) is 9.92. The third-order valence-electron chi connectivity index (χ3n) is 2.39. The molecule has 1 unspecified atom stereocenters. The quantitative estimate of drug-likeness (QED) is 0.591. The van der Waals surface area contributed by atoms with Gasteiger partial charge < -0.3 is 15.3 Å². The molecular weight excluding hydrogens is 192 g/mol. The molecule has 0 saturated heterocycles. The molecule has 2 N–H and O–H groups in total. The Morgan fingerprint density at radius 1 is 1.47 bits per heavy atom. The van der Waals surface area contributed by atoms with Gasteiger partial charge in [0.1, 0.15) is 0 Å². The molecule has 4 heteroatoms. The van der Waals surface area contributed by atoms with E-state index in [-0.39, 0.29) is 11.6 Å². The number of carboxylic acid groups (broad SMARTS) is 1. The van der Waals surface area contributed by atoms with E-state index in [1.54, 1.807) is 0 Å². The summed E-state index contributed by atoms with van der Waals surface area (Å²) in [7, 11) is 0. The molecule has 0 spiro atoms. The Morgan fingerprint density at radius 3 is 2.40 bits per heavy atom. The zero-order valence-corrected chi connectivity index (χ0v) is 9.92. The van der Waals surface area contributed by atoms with E-state index in [9.17, 15) is 4.79 Å². The maximum absolute atomic E-state index is 10.5. The summed E-state index contributed by atoms with van der Waals surface area (Å²) in [5.74, 6) is -0.933. The van der Waals surface area contributed by atoms with Crippen molar-refractivity contribution in [2.75, 3.05) is 26.2 Å². The van der Waals surface area contributed by atoms with Crippen LogP contribution in [0.1, 0.15) is 20.8 Å². The van der Waals surface area contributed by atoms with Gasteiger partial charge in [0.15, 0.2) is 0 Å². The lowest BCUT2D eigenvalue weighted by atomic mass is 10.2. The second-order valence-electron chi connectivity index (χ2n) is 3.68. The fourth-order valence-corrected chi connectivity index (χ4v) is 1.31. The molecule has 0 aromatic carbocycles. The van der Waals surface area contributed by atoms with E-state index in [1.807, 2.05) is 6.92 Å². The minimum Gasteiger partial charge on any atom is -0.478 e. The molecule has 0 saturated carbocycles. The molecule has 0 bridgehead atoms. The molecule has 0 aromatic rings. The van der Waals surface area contributed by atoms with Gasteiger partial charge in [-0.25, -0.2) is 4.79 Å². The van der Waals surface area contributed by atoms with Crippen LogP contribution in [0.15, 0.2) is 12.2 Å². The van der Waals surface area contributed by atoms with E-state index >= 15 is 0 Å². The van der Waals surface area contributed by atoms with Crippen molar-refractivity contribution >= 4 is 5.97 Å². The lowest BCUT2D eigenvalue weighted by Crippen LogP contribution is -2.40. The van der Waals surface area contributed by atoms with Crippen molar-refractivity contribution in [1.29, 1.82) is 0 Å². The van der Waals surface area contributed by atoms with Crippen LogP contribution >= 0.6 is 0 Å². The molecule has 15 heavy (non-hydrogen) atoms. The predicted octanol–water partition coefficient (Wildman–Crippen LogP) is 0.947. The first-order valence-corrected chi connectivity index (χ1v) is 5.38. The molecular formula is C11H22N2O2. The Kier molecular flexibility index (Phi) is 6.99. The number of carboxylic acids is 1. The summed E-state index contributed by atoms with van der Waals surface area (Å²) in [5, 5.41) is 11.8. The number of hydrogen-bond donors (Lipinski definition) is 2. The third-order valence-corrected chi connectivity index (χ3v) is 2.39. The summed E-state index contributed by atoms with van der Waals surface area (Å²) >= 11 is 0. The van der Waals surface area contributed by atoms with Gasteiger partial charge in [-0.2, -0.15) is 0 Å². The summed E-state index contributed by atoms with van der Waals surface area (Å²) < 4.78 is 0. The Labute approximate surface area is 92.0 Å². The van der Waals surface area contributed by atoms with Crippen molar-refractivity contribution in [1.82, 2.24) is 10.2 Å². The molecule has 0 heterocycles. The van der Waals surface area contributed by atoms with Gasteiger partial charge in [-0.3, -0.25) is 0 Å². The normalized spacial score (nSPS) is 12.8. The molecule has 0 aliphatic rings. The average Bonchev–Trinajstić information content (AvgIpc) is 2.22. The number of hydrogen-bond acceptors (Lipinski definition) is 3. The molecule has 0 aromatic heterocycles. The lowest BCUT2D eigenvalue weighted by Gasteiger charge is -2.23. The monoisotopic (exact) mass is 214 g/mol. The average molecular weight is 214 g/mol. The highest BCUT2D eigenvalue weighted by Gasteiger charge is 2.08. The topological polar surface area (TPSA) is 52.6 Å². The van der Waals surface area contributed by atoms with Crippen molar-refractivity contribution in [2.24, 2.45) is 0 Å². The van der Waals surface area contributed by atoms with Crippen LogP contribution in [-0.4, -0.2) is 48.2 Å². The van der Waals surface area contributed by atoms with E-state index in [4.69, 9.17) is 5.11 Å². The van der Waals surface area contributed by atoms with Gasteiger partial charge in [0.2, 0.25) is 0 Å². The van der Waals surface area contributed by atoms with Crippen LogP contribution in [0.2, 0.25) is 0 Å². The van der Waals surface area contributed by atoms with Crippen molar-refractivity contribution in [3.8, 4) is 0 Å². The smallest absolute Gasteiger partial charge is 0.332 e. The lowest BCUT2D eigenvalue weighted by molar-refractivity contribution is -0.132. The molecule has 1 atom stereocenters. The Hall–Kier alpha value is -0.870. The van der Waals surface area contributed by atoms with Crippen molar-refractivity contribution < 1.29 is 9.90 Å². The second-order valence-corrected chi connectivity index (χ2v) is 3.68. The standard InChI is InChI=1S/C11H22N2O2/c1-5-13(6-2)8-10(4)12-7-9(3)11(14)15/h10,12H,3,5-8H2,1-2,4H3,(H,14,15). The molecule has 88 valence electrons. The predicted molar refractivity (Wildman–Crippen MR) is 62.0 cm³/mol. The summed E-state index contributed by atoms with van der Waals surface area (Å²) in [6.45, 7) is 13.1. The van der Waals surface area contributed by atoms with Gasteiger partial charge >= 0.3 is 5.97 Å². The summed E-state index contributed by atoms with van der Waals surface area (Å²) in [6.07, 6.45) is 0. The summed E-state index contributed by atoms with van der Waals surface area (Å²) in [4.78, 5) is 12.8. The number of carbonyl (C=O) groups is 1. The first kappa shape index (κ1) is 14.1. The molecule has 0 amide bonds. The van der Waals surface area contributed by atoms with Crippen LogP contribution in [0.25, 0.3) is 0 Å². The summed E-state index contributed by atoms with van der Waals surface area (Å²) in [5.41, 5.74) is 0.210. The van der Waals surface area contributed by atoms with Crippen LogP contribution < -0.4 is 5.32 Å². The van der Waals surface area contributed by atoms with Gasteiger partial charge in [-0.1, -0.05) is 20.4 Å². The van der Waals surface area contributed by atoms with Crippen LogP contribution in [0.5, 0.6) is 0 Å². The van der Waals surface area contributed by atoms with Gasteiger partial charge in [0.25, 0.3) is 0 Å². The van der Waals surface area contributed by atoms with Crippen LogP contribution in [0.4, 0.5) is 0 Å². The largest absolute Gasteiger partial charge is 0.478 e. The SMILES string of the molecule is C=C(CNC(C)CN(CC)CC)C(=O)O. The number of nitrogens with one attached hydrogen (secondary N) is 1.